The number of hydrogen-bond donors (Lipinski definition) is 2. The van der Waals surface area contributed by atoms with Crippen molar-refractivity contribution in [3.05, 3.63) is 17.5 Å². The molecule has 0 bridgehead atoms. The van der Waals surface area contributed by atoms with E-state index in [1.165, 1.54) is 11.3 Å². The van der Waals surface area contributed by atoms with Gasteiger partial charge in [0.1, 0.15) is 4.21 Å². The van der Waals surface area contributed by atoms with Gasteiger partial charge in [-0.2, -0.15) is 0 Å². The number of thiophene rings is 1. The van der Waals surface area contributed by atoms with Crippen LogP contribution in [0.1, 0.15) is 0 Å². The van der Waals surface area contributed by atoms with Gasteiger partial charge in [0.05, 0.1) is 19.8 Å². The summed E-state index contributed by atoms with van der Waals surface area (Å²) in [5, 5.41) is 1.73. The van der Waals surface area contributed by atoms with Crippen molar-refractivity contribution in [2.75, 3.05) is 39.4 Å². The van der Waals surface area contributed by atoms with E-state index in [4.69, 9.17) is 10.5 Å². The number of rotatable bonds is 5. The number of ether oxygens (including phenoxy) is 1. The van der Waals surface area contributed by atoms with Crippen molar-refractivity contribution in [2.45, 2.75) is 4.21 Å². The van der Waals surface area contributed by atoms with Crippen molar-refractivity contribution < 1.29 is 13.2 Å². The SMILES string of the molecule is NC(=NCCNS(=O)(=O)c1cccs1)N1CCOCC1. The summed E-state index contributed by atoms with van der Waals surface area (Å²) < 4.78 is 31.7. The van der Waals surface area contributed by atoms with Crippen molar-refractivity contribution in [3.8, 4) is 0 Å². The molecule has 1 saturated heterocycles. The van der Waals surface area contributed by atoms with Crippen LogP contribution in [0, 0.1) is 0 Å². The second-order valence-electron chi connectivity index (χ2n) is 4.17. The molecule has 2 rings (SSSR count). The number of nitrogens with two attached hydrogens (primary N) is 1. The molecule has 1 aromatic rings. The zero-order chi connectivity index (χ0) is 14.4. The number of sulfonamides is 1. The summed E-state index contributed by atoms with van der Waals surface area (Å²) in [6.07, 6.45) is 0. The van der Waals surface area contributed by atoms with Crippen molar-refractivity contribution in [3.63, 3.8) is 0 Å². The van der Waals surface area contributed by atoms with Gasteiger partial charge in [-0.05, 0) is 11.4 Å². The lowest BCUT2D eigenvalue weighted by molar-refractivity contribution is 0.0674. The Hall–Kier alpha value is -1.16. The van der Waals surface area contributed by atoms with Gasteiger partial charge in [-0.15, -0.1) is 11.3 Å². The molecule has 1 aromatic heterocycles. The molecule has 0 spiro atoms. The van der Waals surface area contributed by atoms with Crippen molar-refractivity contribution >= 4 is 27.3 Å². The Labute approximate surface area is 122 Å². The van der Waals surface area contributed by atoms with Gasteiger partial charge in [-0.25, -0.2) is 13.1 Å². The molecule has 0 saturated carbocycles. The van der Waals surface area contributed by atoms with Gasteiger partial charge < -0.3 is 15.4 Å². The van der Waals surface area contributed by atoms with Gasteiger partial charge in [0, 0.05) is 19.6 Å². The number of aliphatic imine (C=N–C) groups is 1. The fourth-order valence-electron chi connectivity index (χ4n) is 1.73. The Bertz CT molecular complexity index is 536. The first-order chi connectivity index (χ1) is 9.59. The maximum absolute atomic E-state index is 11.8. The van der Waals surface area contributed by atoms with Crippen LogP contribution in [0.2, 0.25) is 0 Å². The molecule has 0 unspecified atom stereocenters. The minimum absolute atomic E-state index is 0.227. The second-order valence-corrected chi connectivity index (χ2v) is 7.11. The van der Waals surface area contributed by atoms with E-state index in [0.717, 1.165) is 13.1 Å². The molecule has 0 atom stereocenters. The normalized spacial score (nSPS) is 17.4. The third kappa shape index (κ3) is 4.17. The van der Waals surface area contributed by atoms with Gasteiger partial charge in [0.2, 0.25) is 10.0 Å². The van der Waals surface area contributed by atoms with Crippen molar-refractivity contribution in [2.24, 2.45) is 10.7 Å². The summed E-state index contributed by atoms with van der Waals surface area (Å²) in [6, 6.07) is 3.27. The number of guanidine groups is 1. The van der Waals surface area contributed by atoms with Crippen LogP contribution in [0.25, 0.3) is 0 Å². The predicted octanol–water partition coefficient (Wildman–Crippen LogP) is -0.327. The topological polar surface area (TPSA) is 97.0 Å². The minimum atomic E-state index is -3.41. The Balaban J connectivity index is 1.78. The molecular weight excluding hydrogens is 300 g/mol. The Morgan fingerprint density at radius 2 is 2.25 bits per heavy atom. The molecule has 112 valence electrons. The molecule has 0 radical (unpaired) electrons. The summed E-state index contributed by atoms with van der Waals surface area (Å²) in [5.74, 6) is 0.434. The number of nitrogens with zero attached hydrogens (tertiary/aromatic N) is 2. The summed E-state index contributed by atoms with van der Waals surface area (Å²) in [4.78, 5) is 6.10. The third-order valence-corrected chi connectivity index (χ3v) is 5.63. The minimum Gasteiger partial charge on any atom is -0.378 e. The van der Waals surface area contributed by atoms with Crippen LogP contribution >= 0.6 is 11.3 Å². The molecule has 9 heteroatoms. The van der Waals surface area contributed by atoms with E-state index in [2.05, 4.69) is 9.71 Å². The number of hydrogen-bond acceptors (Lipinski definition) is 5. The molecule has 1 fully saturated rings. The maximum Gasteiger partial charge on any atom is 0.250 e. The standard InChI is InChI=1S/C11H18N4O3S2/c12-11(15-5-7-18-8-6-15)13-3-4-14-20(16,17)10-2-1-9-19-10/h1-2,9,14H,3-8H2,(H2,12,13). The Morgan fingerprint density at radius 1 is 1.50 bits per heavy atom. The van der Waals surface area contributed by atoms with Crippen molar-refractivity contribution in [1.29, 1.82) is 0 Å². The highest BCUT2D eigenvalue weighted by atomic mass is 32.2. The van der Waals surface area contributed by atoms with E-state index in [9.17, 15) is 8.42 Å². The smallest absolute Gasteiger partial charge is 0.250 e. The summed E-state index contributed by atoms with van der Waals surface area (Å²) in [7, 11) is -3.41. The molecular formula is C11H18N4O3S2. The fraction of sp³-hybridized carbons (Fsp3) is 0.545. The molecule has 1 aliphatic heterocycles. The Morgan fingerprint density at radius 3 is 2.90 bits per heavy atom. The van der Waals surface area contributed by atoms with Gasteiger partial charge in [0.25, 0.3) is 0 Å². The highest BCUT2D eigenvalue weighted by molar-refractivity contribution is 7.91. The quantitative estimate of drug-likeness (QED) is 0.440. The third-order valence-electron chi connectivity index (χ3n) is 2.77. The molecule has 7 nitrogen and oxygen atoms in total. The van der Waals surface area contributed by atoms with E-state index in [0.29, 0.717) is 29.9 Å². The first-order valence-corrected chi connectivity index (χ1v) is 8.62. The molecule has 0 aromatic carbocycles. The second kappa shape index (κ2) is 7.02. The van der Waals surface area contributed by atoms with Gasteiger partial charge in [-0.1, -0.05) is 6.07 Å². The van der Waals surface area contributed by atoms with Crippen LogP contribution in [0.3, 0.4) is 0 Å². The zero-order valence-electron chi connectivity index (χ0n) is 11.0. The average Bonchev–Trinajstić information content (AvgIpc) is 2.99. The molecule has 0 amide bonds. The van der Waals surface area contributed by atoms with Crippen LogP contribution in [-0.4, -0.2) is 58.7 Å². The van der Waals surface area contributed by atoms with E-state index in [-0.39, 0.29) is 6.54 Å². The predicted molar refractivity (Wildman–Crippen MR) is 78.4 cm³/mol. The van der Waals surface area contributed by atoms with Crippen LogP contribution in [0.4, 0.5) is 0 Å². The van der Waals surface area contributed by atoms with E-state index < -0.39 is 10.0 Å². The molecule has 20 heavy (non-hydrogen) atoms. The van der Waals surface area contributed by atoms with Gasteiger partial charge in [-0.3, -0.25) is 4.99 Å². The van der Waals surface area contributed by atoms with Crippen LogP contribution in [0.5, 0.6) is 0 Å². The van der Waals surface area contributed by atoms with Crippen LogP contribution in [0.15, 0.2) is 26.7 Å². The molecule has 1 aliphatic rings. The van der Waals surface area contributed by atoms with Gasteiger partial charge in [0.15, 0.2) is 5.96 Å². The Kier molecular flexibility index (Phi) is 5.35. The maximum atomic E-state index is 11.8. The lowest BCUT2D eigenvalue weighted by Crippen LogP contribution is -2.45. The van der Waals surface area contributed by atoms with Crippen molar-refractivity contribution in [1.82, 2.24) is 9.62 Å². The monoisotopic (exact) mass is 318 g/mol. The molecule has 2 heterocycles. The van der Waals surface area contributed by atoms with E-state index in [1.807, 2.05) is 4.90 Å². The lowest BCUT2D eigenvalue weighted by atomic mass is 10.4. The average molecular weight is 318 g/mol. The lowest BCUT2D eigenvalue weighted by Gasteiger charge is -2.27. The van der Waals surface area contributed by atoms with E-state index >= 15 is 0 Å². The van der Waals surface area contributed by atoms with E-state index in [1.54, 1.807) is 17.5 Å². The zero-order valence-corrected chi connectivity index (χ0v) is 12.6. The van der Waals surface area contributed by atoms with Crippen LogP contribution in [-0.2, 0) is 14.8 Å². The van der Waals surface area contributed by atoms with Gasteiger partial charge >= 0.3 is 0 Å². The first kappa shape index (κ1) is 15.2. The number of morpholine rings is 1. The first-order valence-electron chi connectivity index (χ1n) is 6.25. The highest BCUT2D eigenvalue weighted by Crippen LogP contribution is 2.14. The highest BCUT2D eigenvalue weighted by Gasteiger charge is 2.14. The summed E-state index contributed by atoms with van der Waals surface area (Å²) in [6.45, 7) is 3.26. The molecule has 0 aliphatic carbocycles. The largest absolute Gasteiger partial charge is 0.378 e. The summed E-state index contributed by atoms with van der Waals surface area (Å²) >= 11 is 1.18. The molecule has 3 N–H and O–H groups in total. The number of nitrogens with one attached hydrogen (secondary N) is 1. The summed E-state index contributed by atoms with van der Waals surface area (Å²) in [5.41, 5.74) is 5.84. The fourth-order valence-corrected chi connectivity index (χ4v) is 3.79. The van der Waals surface area contributed by atoms with Crippen LogP contribution < -0.4 is 10.5 Å².